The van der Waals surface area contributed by atoms with Crippen LogP contribution in [0.5, 0.6) is 0 Å². The summed E-state index contributed by atoms with van der Waals surface area (Å²) in [5.41, 5.74) is 3.89. The molecule has 0 aromatic heterocycles. The molecule has 3 aromatic carbocycles. The number of amides is 2. The third-order valence-electron chi connectivity index (χ3n) is 7.91. The number of nitrogens with zero attached hydrogens (tertiary/aromatic N) is 2. The van der Waals surface area contributed by atoms with E-state index in [0.717, 1.165) is 17.7 Å². The lowest BCUT2D eigenvalue weighted by Gasteiger charge is -2.38. The summed E-state index contributed by atoms with van der Waals surface area (Å²) >= 11 is 0. The van der Waals surface area contributed by atoms with Crippen molar-refractivity contribution in [3.63, 3.8) is 0 Å². The Morgan fingerprint density at radius 3 is 2.43 bits per heavy atom. The van der Waals surface area contributed by atoms with Gasteiger partial charge >= 0.3 is 12.1 Å². The molecule has 0 radical (unpaired) electrons. The maximum absolute atomic E-state index is 13.1. The number of benzene rings is 3. The summed E-state index contributed by atoms with van der Waals surface area (Å²) in [4.78, 5) is 27.6. The first-order valence-corrected chi connectivity index (χ1v) is 14.6. The Morgan fingerprint density at radius 1 is 0.977 bits per heavy atom. The molecule has 2 aliphatic heterocycles. The molecule has 2 saturated heterocycles. The molecule has 5 rings (SSSR count). The first kappa shape index (κ1) is 31.6. The molecule has 0 saturated carbocycles. The Balaban J connectivity index is 1.32. The molecule has 2 aliphatic rings. The Morgan fingerprint density at radius 2 is 1.73 bits per heavy atom. The minimum absolute atomic E-state index is 0.0636. The van der Waals surface area contributed by atoms with Crippen molar-refractivity contribution in [2.24, 2.45) is 0 Å². The second kappa shape index (κ2) is 13.9. The number of carbonyl (C=O) groups excluding carboxylic acids is 2. The molecule has 8 nitrogen and oxygen atoms in total. The number of anilines is 1. The fourth-order valence-corrected chi connectivity index (χ4v) is 5.77. The molecule has 234 valence electrons. The quantitative estimate of drug-likeness (QED) is 0.339. The predicted molar refractivity (Wildman–Crippen MR) is 157 cm³/mol. The molecule has 2 heterocycles. The number of aliphatic hydroxyl groups excluding tert-OH is 1. The molecule has 0 bridgehead atoms. The normalized spacial score (nSPS) is 22.3. The van der Waals surface area contributed by atoms with Gasteiger partial charge < -0.3 is 24.8 Å². The van der Waals surface area contributed by atoms with E-state index < -0.39 is 30.3 Å². The third-order valence-corrected chi connectivity index (χ3v) is 7.91. The number of aliphatic hydroxyl groups is 1. The van der Waals surface area contributed by atoms with Gasteiger partial charge in [-0.05, 0) is 48.7 Å². The zero-order valence-electron chi connectivity index (χ0n) is 24.4. The molecule has 4 atom stereocenters. The fourth-order valence-electron chi connectivity index (χ4n) is 5.77. The lowest BCUT2D eigenvalue weighted by atomic mass is 9.99. The van der Waals surface area contributed by atoms with E-state index in [1.54, 1.807) is 24.3 Å². The van der Waals surface area contributed by atoms with Crippen molar-refractivity contribution in [3.8, 4) is 0 Å². The molecule has 0 spiro atoms. The highest BCUT2D eigenvalue weighted by atomic mass is 19.4. The van der Waals surface area contributed by atoms with Crippen molar-refractivity contribution in [3.05, 3.63) is 101 Å². The summed E-state index contributed by atoms with van der Waals surface area (Å²) in [6, 6.07) is 23.3. The van der Waals surface area contributed by atoms with Gasteiger partial charge in [-0.1, -0.05) is 66.7 Å². The van der Waals surface area contributed by atoms with Crippen molar-refractivity contribution in [1.29, 1.82) is 0 Å². The first-order valence-electron chi connectivity index (χ1n) is 14.6. The van der Waals surface area contributed by atoms with E-state index in [0.29, 0.717) is 35.5 Å². The number of alkyl halides is 3. The second-order valence-corrected chi connectivity index (χ2v) is 11.3. The molecular formula is C33H36F3N3O5. The molecule has 2 amide bonds. The Labute approximate surface area is 254 Å². The van der Waals surface area contributed by atoms with Gasteiger partial charge in [0.1, 0.15) is 6.04 Å². The van der Waals surface area contributed by atoms with Gasteiger partial charge in [-0.2, -0.15) is 13.2 Å². The van der Waals surface area contributed by atoms with Crippen LogP contribution in [0.4, 0.5) is 18.9 Å². The highest BCUT2D eigenvalue weighted by Crippen LogP contribution is 2.39. The van der Waals surface area contributed by atoms with Crippen LogP contribution in [0.25, 0.3) is 0 Å². The summed E-state index contributed by atoms with van der Waals surface area (Å²) in [6.45, 7) is 1.17. The van der Waals surface area contributed by atoms with Gasteiger partial charge in [0.05, 0.1) is 18.8 Å². The van der Waals surface area contributed by atoms with Crippen molar-refractivity contribution in [2.75, 3.05) is 25.5 Å². The average molecular weight is 612 g/mol. The molecular weight excluding hydrogens is 575 g/mol. The van der Waals surface area contributed by atoms with Crippen molar-refractivity contribution < 1.29 is 37.3 Å². The number of carbonyl (C=O) groups is 2. The molecule has 0 aliphatic carbocycles. The van der Waals surface area contributed by atoms with Gasteiger partial charge in [-0.15, -0.1) is 0 Å². The summed E-state index contributed by atoms with van der Waals surface area (Å²) < 4.78 is 52.1. The molecule has 2 N–H and O–H groups in total. The summed E-state index contributed by atoms with van der Waals surface area (Å²) in [5, 5.41) is 12.2. The average Bonchev–Trinajstić information content (AvgIpc) is 3.51. The maximum atomic E-state index is 13.1. The largest absolute Gasteiger partial charge is 0.471 e. The van der Waals surface area contributed by atoms with E-state index in [9.17, 15) is 27.9 Å². The minimum atomic E-state index is -5.04. The number of likely N-dealkylation sites (N-methyl/N-ethyl adjacent to an activating group) is 1. The van der Waals surface area contributed by atoms with Crippen LogP contribution in [0, 0.1) is 0 Å². The van der Waals surface area contributed by atoms with E-state index >= 15 is 0 Å². The lowest BCUT2D eigenvalue weighted by molar-refractivity contribution is -0.252. The van der Waals surface area contributed by atoms with Gasteiger partial charge in [0.25, 0.3) is 0 Å². The van der Waals surface area contributed by atoms with Crippen LogP contribution >= 0.6 is 0 Å². The number of rotatable bonds is 9. The van der Waals surface area contributed by atoms with E-state index in [1.807, 2.05) is 49.5 Å². The van der Waals surface area contributed by atoms with Gasteiger partial charge in [-0.25, -0.2) is 0 Å². The molecule has 2 fully saturated rings. The maximum Gasteiger partial charge on any atom is 0.471 e. The smallest absolute Gasteiger partial charge is 0.392 e. The highest BCUT2D eigenvalue weighted by molar-refractivity contribution is 5.98. The van der Waals surface area contributed by atoms with Crippen LogP contribution in [-0.2, 0) is 32.2 Å². The number of hydrogen-bond donors (Lipinski definition) is 2. The zero-order chi connectivity index (χ0) is 31.3. The van der Waals surface area contributed by atoms with E-state index in [1.165, 1.54) is 5.56 Å². The zero-order valence-corrected chi connectivity index (χ0v) is 24.4. The summed E-state index contributed by atoms with van der Waals surface area (Å²) in [7, 11) is 2.03. The number of hydrogen-bond acceptors (Lipinski definition) is 6. The van der Waals surface area contributed by atoms with Crippen molar-refractivity contribution in [2.45, 2.75) is 63.1 Å². The third kappa shape index (κ3) is 7.84. The molecule has 4 unspecified atom stereocenters. The van der Waals surface area contributed by atoms with Crippen LogP contribution in [0.1, 0.15) is 53.9 Å². The highest BCUT2D eigenvalue weighted by Gasteiger charge is 2.47. The number of nitrogens with one attached hydrogen (secondary N) is 1. The Bertz CT molecular complexity index is 1420. The van der Waals surface area contributed by atoms with Crippen LogP contribution < -0.4 is 5.32 Å². The minimum Gasteiger partial charge on any atom is -0.392 e. The van der Waals surface area contributed by atoms with Gasteiger partial charge in [0.2, 0.25) is 5.91 Å². The van der Waals surface area contributed by atoms with E-state index in [4.69, 9.17) is 9.47 Å². The van der Waals surface area contributed by atoms with Crippen molar-refractivity contribution in [1.82, 2.24) is 9.80 Å². The fraction of sp³-hybridized carbons (Fsp3) is 0.394. The SMILES string of the molecule is CN(Cc1ccccc1)CC1CC(c2ccc(CO)cc2)OC(c2cccc(NC(=O)C3CCCN3C(=O)C(F)(F)F)c2)O1. The first-order chi connectivity index (χ1) is 21.1. The number of likely N-dealkylation sites (tertiary alicyclic amines) is 1. The van der Waals surface area contributed by atoms with Gasteiger partial charge in [0, 0.05) is 37.3 Å². The Hall–Kier alpha value is -3.77. The monoisotopic (exact) mass is 611 g/mol. The molecule has 3 aromatic rings. The van der Waals surface area contributed by atoms with Gasteiger partial charge in [-0.3, -0.25) is 14.5 Å². The Kier molecular flexibility index (Phi) is 10.00. The van der Waals surface area contributed by atoms with Crippen LogP contribution in [-0.4, -0.2) is 65.2 Å². The molecule has 11 heteroatoms. The predicted octanol–water partition coefficient (Wildman–Crippen LogP) is 5.35. The van der Waals surface area contributed by atoms with Crippen LogP contribution in [0.2, 0.25) is 0 Å². The summed E-state index contributed by atoms with van der Waals surface area (Å²) in [5.74, 6) is -2.68. The topological polar surface area (TPSA) is 91.3 Å². The number of ether oxygens (including phenoxy) is 2. The van der Waals surface area contributed by atoms with Crippen LogP contribution in [0.15, 0.2) is 78.9 Å². The van der Waals surface area contributed by atoms with E-state index in [2.05, 4.69) is 22.3 Å². The standard InChI is InChI=1S/C33H36F3N3O5/c1-38(19-22-7-3-2-4-8-22)20-27-18-29(24-14-12-23(21-40)13-15-24)44-31(43-27)25-9-5-10-26(17-25)37-30(41)28-11-6-16-39(28)32(42)33(34,35)36/h2-5,7-10,12-15,17,27-29,31,40H,6,11,16,18-21H2,1H3,(H,37,41). The second-order valence-electron chi connectivity index (χ2n) is 11.3. The molecule has 44 heavy (non-hydrogen) atoms. The number of halogens is 3. The van der Waals surface area contributed by atoms with E-state index in [-0.39, 0.29) is 31.8 Å². The lowest BCUT2D eigenvalue weighted by Crippen LogP contribution is -2.48. The van der Waals surface area contributed by atoms with Crippen molar-refractivity contribution >= 4 is 17.5 Å². The summed E-state index contributed by atoms with van der Waals surface area (Å²) in [6.07, 6.45) is -5.29. The van der Waals surface area contributed by atoms with Crippen LogP contribution in [0.3, 0.4) is 0 Å². The van der Waals surface area contributed by atoms with Gasteiger partial charge in [0.15, 0.2) is 6.29 Å².